The number of carbonyl (C=O) groups excluding carboxylic acids is 3. The zero-order valence-electron chi connectivity index (χ0n) is 31.1. The van der Waals surface area contributed by atoms with E-state index >= 15 is 0 Å². The van der Waals surface area contributed by atoms with Crippen LogP contribution in [0.1, 0.15) is 42.5 Å². The second-order valence-corrected chi connectivity index (χ2v) is 12.4. The number of rotatable bonds is 10. The molecule has 308 valence electrons. The average molecular weight is 818 g/mol. The molecule has 5 N–H and O–H groups in total. The van der Waals surface area contributed by atoms with Gasteiger partial charge in [-0.25, -0.2) is 9.59 Å². The van der Waals surface area contributed by atoms with Gasteiger partial charge >= 0.3 is 24.3 Å². The number of carboxylic acid groups (broad SMARTS) is 2. The molecule has 0 aliphatic heterocycles. The van der Waals surface area contributed by atoms with E-state index in [-0.39, 0.29) is 17.7 Å². The normalized spacial score (nSPS) is 11.3. The van der Waals surface area contributed by atoms with E-state index in [1.165, 1.54) is 0 Å². The van der Waals surface area contributed by atoms with Gasteiger partial charge in [-0.2, -0.15) is 26.3 Å². The Morgan fingerprint density at radius 1 is 0.707 bits per heavy atom. The fraction of sp³-hybridized carbons (Fsp3) is 0.211. The zero-order chi connectivity index (χ0) is 43.4. The van der Waals surface area contributed by atoms with Crippen molar-refractivity contribution in [3.8, 4) is 0 Å². The molecule has 5 aromatic rings. The number of carboxylic acids is 2. The highest BCUT2D eigenvalue weighted by Crippen LogP contribution is 2.20. The van der Waals surface area contributed by atoms with E-state index in [9.17, 15) is 40.7 Å². The number of likely N-dealkylation sites (N-methyl/N-ethyl adjacent to an activating group) is 1. The fourth-order valence-corrected chi connectivity index (χ4v) is 4.72. The number of anilines is 2. The second kappa shape index (κ2) is 19.8. The molecule has 0 saturated heterocycles. The van der Waals surface area contributed by atoms with Crippen molar-refractivity contribution in [3.63, 3.8) is 0 Å². The van der Waals surface area contributed by atoms with Gasteiger partial charge in [-0.15, -0.1) is 0 Å². The van der Waals surface area contributed by atoms with Crippen LogP contribution in [0.3, 0.4) is 0 Å². The van der Waals surface area contributed by atoms with Crippen LogP contribution < -0.4 is 16.0 Å². The number of para-hydroxylation sites is 1. The first kappa shape index (κ1) is 45.4. The van der Waals surface area contributed by atoms with Crippen LogP contribution in [-0.4, -0.2) is 98.4 Å². The number of carbonyl (C=O) groups is 5. The van der Waals surface area contributed by atoms with Gasteiger partial charge in [0.05, 0.1) is 16.9 Å². The van der Waals surface area contributed by atoms with Crippen LogP contribution in [0.5, 0.6) is 0 Å². The second-order valence-electron chi connectivity index (χ2n) is 12.4. The van der Waals surface area contributed by atoms with Crippen molar-refractivity contribution in [2.75, 3.05) is 37.8 Å². The van der Waals surface area contributed by atoms with Crippen LogP contribution in [0.15, 0.2) is 85.3 Å². The van der Waals surface area contributed by atoms with Gasteiger partial charge in [0, 0.05) is 56.7 Å². The van der Waals surface area contributed by atoms with Crippen LogP contribution in [-0.2, 0) is 23.7 Å². The molecule has 5 rings (SSSR count). The Bertz CT molecular complexity index is 2260. The smallest absolute Gasteiger partial charge is 0.475 e. The van der Waals surface area contributed by atoms with Crippen molar-refractivity contribution < 1.29 is 60.5 Å². The van der Waals surface area contributed by atoms with Crippen LogP contribution in [0, 0.1) is 0 Å². The van der Waals surface area contributed by atoms with Crippen LogP contribution >= 0.6 is 0 Å². The maximum absolute atomic E-state index is 13.0. The van der Waals surface area contributed by atoms with E-state index in [0.717, 1.165) is 28.6 Å². The highest BCUT2D eigenvalue weighted by Gasteiger charge is 2.38. The molecule has 0 fully saturated rings. The van der Waals surface area contributed by atoms with Crippen molar-refractivity contribution in [3.05, 3.63) is 113 Å². The SMILES string of the molecule is CN(C)CCNC(=O)c1cc(NC(=O)c2cc(NC(=O)c3ccc(/C=C/c4cnc5ccccc5c4)cc3)cn2C)cn1C.O=C(O)C(F)(F)F.O=C(O)C(F)(F)F. The summed E-state index contributed by atoms with van der Waals surface area (Å²) in [5.41, 5.74) is 5.15. The van der Waals surface area contributed by atoms with Crippen LogP contribution in [0.4, 0.5) is 37.7 Å². The van der Waals surface area contributed by atoms with Crippen LogP contribution in [0.2, 0.25) is 0 Å². The number of nitrogens with zero attached hydrogens (tertiary/aromatic N) is 4. The summed E-state index contributed by atoms with van der Waals surface area (Å²) < 4.78 is 66.8. The molecule has 2 aromatic carbocycles. The zero-order valence-corrected chi connectivity index (χ0v) is 31.1. The lowest BCUT2D eigenvalue weighted by Gasteiger charge is -2.10. The number of benzene rings is 2. The molecule has 0 bridgehead atoms. The summed E-state index contributed by atoms with van der Waals surface area (Å²) in [5, 5.41) is 23.9. The summed E-state index contributed by atoms with van der Waals surface area (Å²) in [7, 11) is 7.35. The highest BCUT2D eigenvalue weighted by atomic mass is 19.4. The number of aliphatic carboxylic acids is 2. The molecular formula is C38H37F6N7O7. The maximum Gasteiger partial charge on any atom is 0.490 e. The Morgan fingerprint density at radius 3 is 1.71 bits per heavy atom. The number of halogens is 6. The summed E-state index contributed by atoms with van der Waals surface area (Å²) in [5.74, 6) is -6.38. The minimum atomic E-state index is -5.08. The first-order valence-corrected chi connectivity index (χ1v) is 16.7. The quantitative estimate of drug-likeness (QED) is 0.103. The van der Waals surface area contributed by atoms with E-state index in [2.05, 4.69) is 27.0 Å². The minimum absolute atomic E-state index is 0.218. The summed E-state index contributed by atoms with van der Waals surface area (Å²) in [4.78, 5) is 62.8. The Balaban J connectivity index is 0.000000550. The van der Waals surface area contributed by atoms with Gasteiger partial charge in [-0.3, -0.25) is 19.4 Å². The number of aryl methyl sites for hydroxylation is 2. The number of hydrogen-bond donors (Lipinski definition) is 5. The van der Waals surface area contributed by atoms with E-state index < -0.39 is 24.3 Å². The Morgan fingerprint density at radius 2 is 1.19 bits per heavy atom. The minimum Gasteiger partial charge on any atom is -0.475 e. The van der Waals surface area contributed by atoms with Crippen molar-refractivity contribution >= 4 is 64.1 Å². The maximum atomic E-state index is 13.0. The number of amides is 3. The van der Waals surface area contributed by atoms with Crippen LogP contribution in [0.25, 0.3) is 23.1 Å². The number of fused-ring (bicyclic) bond motifs is 1. The first-order valence-electron chi connectivity index (χ1n) is 16.7. The standard InChI is InChI=1S/C34H35N7O3.2C2HF3O2/c1-39(2)16-15-35-33(43)30-18-28(22-40(30)3)38-34(44)31-19-27(21-41(31)4)37-32(42)25-13-11-23(12-14-25)9-10-24-17-26-7-5-6-8-29(26)36-20-24;2*3-2(4,5)1(6)7/h5-14,17-22H,15-16H2,1-4H3,(H,35,43)(H,37,42)(H,38,44);2*(H,6,7)/b10-9+;;. The third-order valence-corrected chi connectivity index (χ3v) is 7.57. The molecule has 0 spiro atoms. The van der Waals surface area contributed by atoms with Crippen molar-refractivity contribution in [2.24, 2.45) is 14.1 Å². The fourth-order valence-electron chi connectivity index (χ4n) is 4.72. The monoisotopic (exact) mass is 817 g/mol. The largest absolute Gasteiger partial charge is 0.490 e. The Labute approximate surface area is 326 Å². The van der Waals surface area contributed by atoms with E-state index in [0.29, 0.717) is 34.9 Å². The molecule has 0 aliphatic rings. The van der Waals surface area contributed by atoms with Gasteiger partial charge in [0.1, 0.15) is 11.4 Å². The Kier molecular flexibility index (Phi) is 15.5. The molecule has 14 nitrogen and oxygen atoms in total. The lowest BCUT2D eigenvalue weighted by molar-refractivity contribution is -0.193. The topological polar surface area (TPSA) is 188 Å². The highest BCUT2D eigenvalue weighted by molar-refractivity contribution is 6.07. The third kappa shape index (κ3) is 14.0. The van der Waals surface area contributed by atoms with Gasteiger partial charge in [0.2, 0.25) is 0 Å². The molecule has 20 heteroatoms. The van der Waals surface area contributed by atoms with Gasteiger partial charge < -0.3 is 40.2 Å². The number of pyridine rings is 1. The van der Waals surface area contributed by atoms with Gasteiger partial charge in [-0.05, 0) is 61.6 Å². The lowest BCUT2D eigenvalue weighted by atomic mass is 10.1. The predicted molar refractivity (Wildman–Crippen MR) is 202 cm³/mol. The molecule has 0 unspecified atom stereocenters. The van der Waals surface area contributed by atoms with Crippen molar-refractivity contribution in [2.45, 2.75) is 12.4 Å². The number of alkyl halides is 6. The number of aromatic nitrogens is 3. The lowest BCUT2D eigenvalue weighted by Crippen LogP contribution is -2.32. The van der Waals surface area contributed by atoms with Gasteiger partial charge in [-0.1, -0.05) is 42.5 Å². The molecule has 3 heterocycles. The summed E-state index contributed by atoms with van der Waals surface area (Å²) in [6, 6.07) is 20.6. The van der Waals surface area contributed by atoms with E-state index in [1.807, 2.05) is 73.7 Å². The molecule has 3 aromatic heterocycles. The predicted octanol–water partition coefficient (Wildman–Crippen LogP) is 6.14. The molecule has 0 radical (unpaired) electrons. The number of hydrogen-bond acceptors (Lipinski definition) is 7. The molecular weight excluding hydrogens is 780 g/mol. The summed E-state index contributed by atoms with van der Waals surface area (Å²) in [6.07, 6.45) is -1.01. The third-order valence-electron chi connectivity index (χ3n) is 7.57. The van der Waals surface area contributed by atoms with Crippen molar-refractivity contribution in [1.82, 2.24) is 24.3 Å². The average Bonchev–Trinajstić information content (AvgIpc) is 3.70. The van der Waals surface area contributed by atoms with Crippen molar-refractivity contribution in [1.29, 1.82) is 0 Å². The van der Waals surface area contributed by atoms with E-state index in [1.54, 1.807) is 59.9 Å². The van der Waals surface area contributed by atoms with Gasteiger partial charge in [0.25, 0.3) is 17.7 Å². The molecule has 58 heavy (non-hydrogen) atoms. The first-order chi connectivity index (χ1) is 27.0. The molecule has 0 saturated carbocycles. The summed E-state index contributed by atoms with van der Waals surface area (Å²) in [6.45, 7) is 1.24. The molecule has 3 amide bonds. The van der Waals surface area contributed by atoms with E-state index in [4.69, 9.17) is 19.8 Å². The van der Waals surface area contributed by atoms with Gasteiger partial charge in [0.15, 0.2) is 0 Å². The number of nitrogens with one attached hydrogen (secondary N) is 3. The molecule has 0 aliphatic carbocycles. The summed E-state index contributed by atoms with van der Waals surface area (Å²) >= 11 is 0. The Hall–Kier alpha value is -6.96. The molecule has 0 atom stereocenters.